The third kappa shape index (κ3) is 5.74. The van der Waals surface area contributed by atoms with E-state index < -0.39 is 16.1 Å². The third-order valence-corrected chi connectivity index (χ3v) is 26.0. The SMILES string of the molecule is Cc1ccc2c(c1)c1cc(C)ccc1n2-c1ccc2c(c1)c1ccccc1n2-c1cccc([Si]2(c3ccccc3)c3ccccc3N3c4ccccc4[Si](c4ccccc4)(c4ccccc4)c4cccc2c43)c1. The van der Waals surface area contributed by atoms with E-state index in [-0.39, 0.29) is 0 Å². The van der Waals surface area contributed by atoms with E-state index in [4.69, 9.17) is 0 Å². The molecule has 0 saturated heterocycles. The number of hydrogen-bond acceptors (Lipinski definition) is 1. The van der Waals surface area contributed by atoms with E-state index in [2.05, 4.69) is 289 Å². The van der Waals surface area contributed by atoms with E-state index in [0.717, 1.165) is 11.4 Å². The molecule has 5 heteroatoms. The van der Waals surface area contributed by atoms with Gasteiger partial charge in [-0.15, -0.1) is 0 Å². The van der Waals surface area contributed by atoms with Crippen molar-refractivity contribution in [1.29, 1.82) is 0 Å². The second-order valence-corrected chi connectivity index (χ2v) is 27.6. The highest BCUT2D eigenvalue weighted by Gasteiger charge is 2.56. The van der Waals surface area contributed by atoms with Crippen LogP contribution in [0.5, 0.6) is 0 Å². The fourth-order valence-corrected chi connectivity index (χ4v) is 23.8. The largest absolute Gasteiger partial charge is 0.311 e. The van der Waals surface area contributed by atoms with Crippen LogP contribution in [0.1, 0.15) is 11.1 Å². The van der Waals surface area contributed by atoms with Crippen molar-refractivity contribution in [1.82, 2.24) is 9.13 Å². The van der Waals surface area contributed by atoms with Gasteiger partial charge in [0.15, 0.2) is 16.1 Å². The quantitative estimate of drug-likeness (QED) is 0.151. The Bertz CT molecular complexity index is 4270. The van der Waals surface area contributed by atoms with Crippen LogP contribution in [0.4, 0.5) is 17.1 Å². The zero-order chi connectivity index (χ0) is 48.4. The number of rotatable bonds is 6. The van der Waals surface area contributed by atoms with Crippen molar-refractivity contribution in [3.63, 3.8) is 0 Å². The van der Waals surface area contributed by atoms with Crippen LogP contribution >= 0.6 is 0 Å². The first-order valence-corrected chi connectivity index (χ1v) is 29.5. The molecule has 1 atom stereocenters. The summed E-state index contributed by atoms with van der Waals surface area (Å²) in [7, 11) is -6.06. The van der Waals surface area contributed by atoms with Gasteiger partial charge in [-0.3, -0.25) is 0 Å². The van der Waals surface area contributed by atoms with Crippen LogP contribution < -0.4 is 46.4 Å². The molecule has 0 bridgehead atoms. The smallest absolute Gasteiger partial charge is 0.184 e. The highest BCUT2D eigenvalue weighted by Crippen LogP contribution is 2.42. The van der Waals surface area contributed by atoms with Gasteiger partial charge in [-0.05, 0) is 128 Å². The van der Waals surface area contributed by atoms with Gasteiger partial charge in [-0.1, -0.05) is 199 Å². The van der Waals surface area contributed by atoms with Gasteiger partial charge >= 0.3 is 0 Å². The number of para-hydroxylation sites is 4. The lowest BCUT2D eigenvalue weighted by Gasteiger charge is -2.52. The lowest BCUT2D eigenvalue weighted by Crippen LogP contribution is -2.82. The summed E-state index contributed by atoms with van der Waals surface area (Å²) in [5.74, 6) is 0. The Balaban J connectivity index is 1.01. The summed E-state index contributed by atoms with van der Waals surface area (Å²) in [6, 6.07) is 99.9. The molecule has 13 aromatic rings. The van der Waals surface area contributed by atoms with Gasteiger partial charge in [-0.25, -0.2) is 0 Å². The van der Waals surface area contributed by atoms with Gasteiger partial charge in [0.2, 0.25) is 0 Å². The highest BCUT2D eigenvalue weighted by atomic mass is 28.3. The first-order valence-electron chi connectivity index (χ1n) is 25.5. The topological polar surface area (TPSA) is 13.1 Å². The summed E-state index contributed by atoms with van der Waals surface area (Å²) in [5, 5.41) is 16.3. The van der Waals surface area contributed by atoms with Gasteiger partial charge in [0.25, 0.3) is 0 Å². The van der Waals surface area contributed by atoms with Crippen LogP contribution in [0, 0.1) is 13.8 Å². The van der Waals surface area contributed by atoms with Gasteiger partial charge in [0, 0.05) is 50.0 Å². The molecule has 1 unspecified atom stereocenters. The number of anilines is 3. The molecule has 0 spiro atoms. The Morgan fingerprint density at radius 1 is 0.274 bits per heavy atom. The normalized spacial score (nSPS) is 15.4. The number of hydrogen-bond donors (Lipinski definition) is 0. The maximum atomic E-state index is 2.65. The predicted molar refractivity (Wildman–Crippen MR) is 314 cm³/mol. The van der Waals surface area contributed by atoms with E-state index in [0.29, 0.717) is 0 Å². The molecule has 0 amide bonds. The Morgan fingerprint density at radius 2 is 0.671 bits per heavy atom. The van der Waals surface area contributed by atoms with Gasteiger partial charge in [-0.2, -0.15) is 0 Å². The fourth-order valence-electron chi connectivity index (χ4n) is 13.4. The fraction of sp³-hybridized carbons (Fsp3) is 0.0294. The number of aryl methyl sites for hydroxylation is 2. The van der Waals surface area contributed by atoms with Crippen molar-refractivity contribution in [3.05, 3.63) is 272 Å². The zero-order valence-electron chi connectivity index (χ0n) is 40.7. The van der Waals surface area contributed by atoms with E-state index in [1.807, 2.05) is 0 Å². The Hall–Kier alpha value is -8.75. The van der Waals surface area contributed by atoms with Crippen LogP contribution in [0.25, 0.3) is 55.0 Å². The molecule has 4 heterocycles. The summed E-state index contributed by atoms with van der Waals surface area (Å²) >= 11 is 0. The minimum atomic E-state index is -3.14. The third-order valence-electron chi connectivity index (χ3n) is 16.3. The molecule has 344 valence electrons. The highest BCUT2D eigenvalue weighted by molar-refractivity contribution is 7.24. The van der Waals surface area contributed by atoms with Crippen molar-refractivity contribution in [2.24, 2.45) is 0 Å². The van der Waals surface area contributed by atoms with Gasteiger partial charge < -0.3 is 14.0 Å². The average molecular weight is 964 g/mol. The summed E-state index contributed by atoms with van der Waals surface area (Å²) in [6.07, 6.45) is 0. The average Bonchev–Trinajstić information content (AvgIpc) is 3.95. The first-order chi connectivity index (χ1) is 36.0. The minimum absolute atomic E-state index is 1.16. The molecule has 0 N–H and O–H groups in total. The molecule has 0 saturated carbocycles. The van der Waals surface area contributed by atoms with Crippen molar-refractivity contribution >= 4 is 118 Å². The molecule has 11 aromatic carbocycles. The molecular formula is C68H49N3Si2. The van der Waals surface area contributed by atoms with E-state index in [1.165, 1.54) is 113 Å². The van der Waals surface area contributed by atoms with Crippen LogP contribution in [0.15, 0.2) is 261 Å². The monoisotopic (exact) mass is 963 g/mol. The van der Waals surface area contributed by atoms with Crippen LogP contribution in [-0.2, 0) is 0 Å². The summed E-state index contributed by atoms with van der Waals surface area (Å²) in [6.45, 7) is 4.38. The van der Waals surface area contributed by atoms with Crippen molar-refractivity contribution in [2.75, 3.05) is 4.90 Å². The molecular weight excluding hydrogens is 915 g/mol. The van der Waals surface area contributed by atoms with E-state index in [9.17, 15) is 0 Å². The Morgan fingerprint density at radius 3 is 1.23 bits per heavy atom. The second kappa shape index (κ2) is 15.9. The molecule has 73 heavy (non-hydrogen) atoms. The lowest BCUT2D eigenvalue weighted by atomic mass is 10.1. The second-order valence-electron chi connectivity index (χ2n) is 20.2. The molecule has 3 nitrogen and oxygen atoms in total. The van der Waals surface area contributed by atoms with Gasteiger partial charge in [0.05, 0.1) is 22.1 Å². The van der Waals surface area contributed by atoms with E-state index in [1.54, 1.807) is 0 Å². The maximum Gasteiger partial charge on any atom is 0.184 e. The molecule has 0 aliphatic carbocycles. The summed E-state index contributed by atoms with van der Waals surface area (Å²) in [4.78, 5) is 2.65. The molecule has 2 aliphatic heterocycles. The van der Waals surface area contributed by atoms with Crippen molar-refractivity contribution < 1.29 is 0 Å². The Kier molecular flexibility index (Phi) is 9.13. The van der Waals surface area contributed by atoms with Crippen molar-refractivity contribution in [2.45, 2.75) is 13.8 Å². The maximum absolute atomic E-state index is 3.14. The minimum Gasteiger partial charge on any atom is -0.311 e. The molecule has 2 aromatic heterocycles. The standard InChI is InChI=1S/C68H49N3Si2/c1-46-36-39-59-55(42-46)56-43-47(2)37-40-60(56)70(59)49-38-41-61-57(45-49)54-28-12-13-29-58(54)69(61)48-20-18-27-53(44-48)73(52-25-10-5-11-26-52)65-33-17-15-31-63(65)71-62-30-14-16-32-64(62)72(50-21-6-3-7-22-50,51-23-8-4-9-24-51)66-34-19-35-67(73)68(66)71/h3-45H,1-2H3. The van der Waals surface area contributed by atoms with Gasteiger partial charge in [0.1, 0.15) is 0 Å². The predicted octanol–water partition coefficient (Wildman–Crippen LogP) is 11.3. The molecule has 0 radical (unpaired) electrons. The van der Waals surface area contributed by atoms with Crippen LogP contribution in [-0.4, -0.2) is 25.3 Å². The zero-order valence-corrected chi connectivity index (χ0v) is 42.7. The number of aromatic nitrogens is 2. The summed E-state index contributed by atoms with van der Waals surface area (Å²) in [5.41, 5.74) is 13.6. The number of benzene rings is 11. The van der Waals surface area contributed by atoms with Crippen molar-refractivity contribution in [3.8, 4) is 11.4 Å². The number of fused-ring (bicyclic) bond motifs is 10. The number of nitrogens with zero attached hydrogens (tertiary/aromatic N) is 3. The Labute approximate surface area is 427 Å². The summed E-state index contributed by atoms with van der Waals surface area (Å²) < 4.78 is 4.98. The van der Waals surface area contributed by atoms with E-state index >= 15 is 0 Å². The lowest BCUT2D eigenvalue weighted by molar-refractivity contribution is 1.17. The first kappa shape index (κ1) is 42.0. The van der Waals surface area contributed by atoms with Crippen LogP contribution in [0.2, 0.25) is 0 Å². The van der Waals surface area contributed by atoms with Crippen LogP contribution in [0.3, 0.4) is 0 Å². The molecule has 2 aliphatic rings. The molecule has 15 rings (SSSR count). The molecule has 0 fully saturated rings.